The van der Waals surface area contributed by atoms with E-state index < -0.39 is 0 Å². The second kappa shape index (κ2) is 4.56. The van der Waals surface area contributed by atoms with E-state index in [9.17, 15) is 4.79 Å². The first-order valence-electron chi connectivity index (χ1n) is 6.69. The van der Waals surface area contributed by atoms with Gasteiger partial charge in [0.25, 0.3) is 5.91 Å². The molecular formula is C14H18N4O2. The quantitative estimate of drug-likeness (QED) is 0.855. The Bertz CT molecular complexity index is 662. The van der Waals surface area contributed by atoms with Gasteiger partial charge in [0.15, 0.2) is 5.65 Å². The first-order chi connectivity index (χ1) is 9.49. The number of hydrogen-bond acceptors (Lipinski definition) is 4. The van der Waals surface area contributed by atoms with Gasteiger partial charge in [-0.1, -0.05) is 0 Å². The molecule has 20 heavy (non-hydrogen) atoms. The Morgan fingerprint density at radius 3 is 3.05 bits per heavy atom. The van der Waals surface area contributed by atoms with Gasteiger partial charge in [0, 0.05) is 23.8 Å². The van der Waals surface area contributed by atoms with Crippen LogP contribution < -0.4 is 0 Å². The molecular weight excluding hydrogens is 256 g/mol. The van der Waals surface area contributed by atoms with Crippen LogP contribution in [0.15, 0.2) is 12.3 Å². The normalized spacial score (nSPS) is 18.4. The summed E-state index contributed by atoms with van der Waals surface area (Å²) in [5.41, 5.74) is 1.86. The molecule has 0 atom stereocenters. The molecule has 1 aliphatic heterocycles. The minimum Gasteiger partial charge on any atom is -0.377 e. The lowest BCUT2D eigenvalue weighted by Gasteiger charge is -2.42. The number of pyridine rings is 1. The molecule has 2 aromatic heterocycles. The van der Waals surface area contributed by atoms with E-state index in [-0.39, 0.29) is 11.4 Å². The maximum Gasteiger partial charge on any atom is 0.256 e. The fourth-order valence-electron chi connectivity index (χ4n) is 2.53. The average molecular weight is 274 g/mol. The molecule has 0 spiro atoms. The Kier molecular flexibility index (Phi) is 2.97. The van der Waals surface area contributed by atoms with E-state index in [4.69, 9.17) is 4.74 Å². The molecule has 0 unspecified atom stereocenters. The predicted molar refractivity (Wildman–Crippen MR) is 74.6 cm³/mol. The van der Waals surface area contributed by atoms with E-state index in [1.54, 1.807) is 6.20 Å². The summed E-state index contributed by atoms with van der Waals surface area (Å²) < 4.78 is 5.45. The van der Waals surface area contributed by atoms with Crippen LogP contribution in [-0.2, 0) is 4.74 Å². The molecule has 1 N–H and O–H groups in total. The second-order valence-corrected chi connectivity index (χ2v) is 5.77. The van der Waals surface area contributed by atoms with Crippen LogP contribution >= 0.6 is 0 Å². The number of nitrogens with one attached hydrogen (secondary N) is 1. The van der Waals surface area contributed by atoms with Crippen LogP contribution in [0, 0.1) is 6.92 Å². The number of aromatic nitrogens is 3. The number of aromatic amines is 1. The summed E-state index contributed by atoms with van der Waals surface area (Å²) in [7, 11) is 0. The molecule has 0 saturated carbocycles. The van der Waals surface area contributed by atoms with Crippen molar-refractivity contribution in [1.82, 2.24) is 20.1 Å². The zero-order valence-electron chi connectivity index (χ0n) is 11.9. The zero-order valence-corrected chi connectivity index (χ0v) is 11.9. The van der Waals surface area contributed by atoms with Crippen LogP contribution in [0.2, 0.25) is 0 Å². The Labute approximate surface area is 117 Å². The summed E-state index contributed by atoms with van der Waals surface area (Å²) in [5, 5.41) is 7.85. The molecule has 6 nitrogen and oxygen atoms in total. The Balaban J connectivity index is 1.97. The van der Waals surface area contributed by atoms with Crippen molar-refractivity contribution in [2.24, 2.45) is 0 Å². The van der Waals surface area contributed by atoms with Crippen LogP contribution in [0.25, 0.3) is 11.0 Å². The molecule has 3 rings (SSSR count). The van der Waals surface area contributed by atoms with Crippen molar-refractivity contribution in [3.05, 3.63) is 23.5 Å². The Morgan fingerprint density at radius 1 is 1.50 bits per heavy atom. The van der Waals surface area contributed by atoms with Crippen LogP contribution in [0.3, 0.4) is 0 Å². The van der Waals surface area contributed by atoms with Gasteiger partial charge >= 0.3 is 0 Å². The number of amides is 1. The number of fused-ring (bicyclic) bond motifs is 1. The number of hydrogen-bond donors (Lipinski definition) is 1. The van der Waals surface area contributed by atoms with Crippen LogP contribution in [0.1, 0.15) is 29.9 Å². The van der Waals surface area contributed by atoms with E-state index in [2.05, 4.69) is 15.2 Å². The van der Waals surface area contributed by atoms with Crippen molar-refractivity contribution in [2.75, 3.05) is 19.8 Å². The maximum atomic E-state index is 12.7. The van der Waals surface area contributed by atoms with Gasteiger partial charge in [-0.05, 0) is 26.8 Å². The third kappa shape index (κ3) is 2.06. The first kappa shape index (κ1) is 13.1. The van der Waals surface area contributed by atoms with Gasteiger partial charge in [-0.2, -0.15) is 5.10 Å². The smallest absolute Gasteiger partial charge is 0.256 e. The van der Waals surface area contributed by atoms with E-state index in [1.165, 1.54) is 0 Å². The lowest BCUT2D eigenvalue weighted by molar-refractivity contribution is -0.0370. The van der Waals surface area contributed by atoms with Crippen molar-refractivity contribution in [2.45, 2.75) is 26.3 Å². The molecule has 0 bridgehead atoms. The Hall–Kier alpha value is -1.95. The summed E-state index contributed by atoms with van der Waals surface area (Å²) in [4.78, 5) is 18.8. The molecule has 2 aromatic rings. The van der Waals surface area contributed by atoms with E-state index in [0.29, 0.717) is 31.0 Å². The lowest BCUT2D eigenvalue weighted by atomic mass is 10.0. The van der Waals surface area contributed by atoms with E-state index >= 15 is 0 Å². The standard InChI is InChI=1S/C14H18N4O2/c1-9-11-6-10(7-15-12(11)17-16-9)13(19)18-4-5-20-8-14(18,2)3/h6-7H,4-5,8H2,1-3H3,(H,15,16,17). The molecule has 106 valence electrons. The number of morpholine rings is 1. The summed E-state index contributed by atoms with van der Waals surface area (Å²) in [6, 6.07) is 1.86. The minimum atomic E-state index is -0.296. The highest BCUT2D eigenvalue weighted by Gasteiger charge is 2.34. The zero-order chi connectivity index (χ0) is 14.3. The summed E-state index contributed by atoms with van der Waals surface area (Å²) in [6.07, 6.45) is 1.59. The van der Waals surface area contributed by atoms with Crippen molar-refractivity contribution in [1.29, 1.82) is 0 Å². The highest BCUT2D eigenvalue weighted by molar-refractivity contribution is 5.97. The molecule has 0 aliphatic carbocycles. The molecule has 0 aromatic carbocycles. The van der Waals surface area contributed by atoms with Gasteiger partial charge in [0.05, 0.1) is 24.3 Å². The number of nitrogens with zero attached hydrogens (tertiary/aromatic N) is 3. The highest BCUT2D eigenvalue weighted by Crippen LogP contribution is 2.23. The molecule has 6 heteroatoms. The van der Waals surface area contributed by atoms with Crippen LogP contribution in [-0.4, -0.2) is 51.3 Å². The van der Waals surface area contributed by atoms with Gasteiger partial charge < -0.3 is 9.64 Å². The predicted octanol–water partition coefficient (Wildman–Crippen LogP) is 1.52. The van der Waals surface area contributed by atoms with Crippen molar-refractivity contribution < 1.29 is 9.53 Å². The van der Waals surface area contributed by atoms with Crippen molar-refractivity contribution >= 4 is 16.9 Å². The first-order valence-corrected chi connectivity index (χ1v) is 6.69. The molecule has 0 radical (unpaired) electrons. The van der Waals surface area contributed by atoms with E-state index in [0.717, 1.165) is 11.1 Å². The number of H-pyrrole nitrogens is 1. The van der Waals surface area contributed by atoms with Gasteiger partial charge in [-0.3, -0.25) is 9.89 Å². The number of rotatable bonds is 1. The van der Waals surface area contributed by atoms with E-state index in [1.807, 2.05) is 31.7 Å². The van der Waals surface area contributed by atoms with Gasteiger partial charge in [0.2, 0.25) is 0 Å². The average Bonchev–Trinajstić information content (AvgIpc) is 2.79. The summed E-state index contributed by atoms with van der Waals surface area (Å²) in [5.74, 6) is -0.00620. The lowest BCUT2D eigenvalue weighted by Crippen LogP contribution is -2.55. The monoisotopic (exact) mass is 274 g/mol. The number of carbonyl (C=O) groups excluding carboxylic acids is 1. The van der Waals surface area contributed by atoms with Gasteiger partial charge in [-0.25, -0.2) is 4.98 Å². The van der Waals surface area contributed by atoms with Crippen LogP contribution in [0.5, 0.6) is 0 Å². The van der Waals surface area contributed by atoms with Crippen molar-refractivity contribution in [3.63, 3.8) is 0 Å². The molecule has 3 heterocycles. The fraction of sp³-hybridized carbons (Fsp3) is 0.500. The second-order valence-electron chi connectivity index (χ2n) is 5.77. The fourth-order valence-corrected chi connectivity index (χ4v) is 2.53. The van der Waals surface area contributed by atoms with Crippen molar-refractivity contribution in [3.8, 4) is 0 Å². The Morgan fingerprint density at radius 2 is 2.30 bits per heavy atom. The number of carbonyl (C=O) groups is 1. The molecule has 1 fully saturated rings. The van der Waals surface area contributed by atoms with Crippen LogP contribution in [0.4, 0.5) is 0 Å². The summed E-state index contributed by atoms with van der Waals surface area (Å²) in [6.45, 7) is 7.69. The number of ether oxygens (including phenoxy) is 1. The molecule has 1 amide bonds. The minimum absolute atomic E-state index is 0.00620. The SMILES string of the molecule is Cc1[nH]nc2ncc(C(=O)N3CCOCC3(C)C)cc12. The molecule has 1 saturated heterocycles. The third-order valence-corrected chi connectivity index (χ3v) is 3.74. The third-order valence-electron chi connectivity index (χ3n) is 3.74. The van der Waals surface area contributed by atoms with Gasteiger partial charge in [-0.15, -0.1) is 0 Å². The molecule has 1 aliphatic rings. The largest absolute Gasteiger partial charge is 0.377 e. The summed E-state index contributed by atoms with van der Waals surface area (Å²) >= 11 is 0. The topological polar surface area (TPSA) is 71.1 Å². The maximum absolute atomic E-state index is 12.7. The number of aryl methyl sites for hydroxylation is 1. The highest BCUT2D eigenvalue weighted by atomic mass is 16.5. The van der Waals surface area contributed by atoms with Gasteiger partial charge in [0.1, 0.15) is 0 Å².